The van der Waals surface area contributed by atoms with Crippen molar-refractivity contribution in [1.82, 2.24) is 0 Å². The fraction of sp³-hybridized carbons (Fsp3) is 0.500. The van der Waals surface area contributed by atoms with E-state index in [1.165, 1.54) is 28.4 Å². The molecular weight excluding hydrogens is 439 g/mol. The molecule has 136 valence electrons. The molecule has 0 aromatic heterocycles. The van der Waals surface area contributed by atoms with E-state index in [9.17, 15) is 19.2 Å². The van der Waals surface area contributed by atoms with E-state index in [0.29, 0.717) is 0 Å². The molecule has 0 bridgehead atoms. The first-order valence-corrected chi connectivity index (χ1v) is 15.2. The van der Waals surface area contributed by atoms with Gasteiger partial charge in [-0.1, -0.05) is 0 Å². The van der Waals surface area contributed by atoms with E-state index in [-0.39, 0.29) is 40.8 Å². The van der Waals surface area contributed by atoms with Crippen LogP contribution < -0.4 is 0 Å². The molecule has 0 saturated carbocycles. The first-order valence-electron chi connectivity index (χ1n) is 7.09. The quantitative estimate of drug-likeness (QED) is 0.241. The number of allylic oxidation sites excluding steroid dienone is 4. The summed E-state index contributed by atoms with van der Waals surface area (Å²) in [7, 11) is 5.24. The van der Waals surface area contributed by atoms with Crippen LogP contribution in [0.5, 0.6) is 0 Å². The number of rotatable bonds is 12. The molecular formula is C16H20O8Sn. The van der Waals surface area contributed by atoms with Gasteiger partial charge in [0.25, 0.3) is 0 Å². The van der Waals surface area contributed by atoms with E-state index in [2.05, 4.69) is 0 Å². The molecule has 25 heavy (non-hydrogen) atoms. The van der Waals surface area contributed by atoms with E-state index in [1.54, 1.807) is 23.8 Å². The van der Waals surface area contributed by atoms with Crippen LogP contribution in [0, 0.1) is 0 Å². The SMILES string of the molecule is COC(=C=O)[CH2][Sn]([CH2]C(=C=O)OC)([CH2]C(=C=O)OC)[CH2]C(=C=O)OC. The summed E-state index contributed by atoms with van der Waals surface area (Å²) in [5.41, 5.74) is 0. The zero-order chi connectivity index (χ0) is 19.3. The molecule has 0 N–H and O–H groups in total. The Labute approximate surface area is 149 Å². The van der Waals surface area contributed by atoms with Crippen molar-refractivity contribution in [2.45, 2.75) is 17.7 Å². The Kier molecular flexibility index (Phi) is 11.1. The van der Waals surface area contributed by atoms with Crippen LogP contribution in [0.1, 0.15) is 0 Å². The van der Waals surface area contributed by atoms with Crippen LogP contribution in [0.2, 0.25) is 17.7 Å². The van der Waals surface area contributed by atoms with Crippen molar-refractivity contribution in [3.05, 3.63) is 23.0 Å². The summed E-state index contributed by atoms with van der Waals surface area (Å²) in [5.74, 6) is 6.80. The van der Waals surface area contributed by atoms with Gasteiger partial charge in [0.1, 0.15) is 0 Å². The molecule has 0 amide bonds. The first kappa shape index (κ1) is 22.8. The van der Waals surface area contributed by atoms with Gasteiger partial charge in [-0.3, -0.25) is 0 Å². The van der Waals surface area contributed by atoms with Gasteiger partial charge in [-0.2, -0.15) is 0 Å². The standard InChI is InChI=1S/4C4H5O2.Sn/c4*1-4(3-5)6-2;/h4*1H2,2H3;. The second-order valence-electron chi connectivity index (χ2n) is 5.12. The van der Waals surface area contributed by atoms with Crippen molar-refractivity contribution in [3.63, 3.8) is 0 Å². The molecule has 0 unspecified atom stereocenters. The normalized spacial score (nSPS) is 11.4. The molecule has 0 saturated heterocycles. The molecule has 0 spiro atoms. The molecule has 0 atom stereocenters. The molecule has 0 aliphatic heterocycles. The number of carbonyl (C=O) groups excluding carboxylic acids is 4. The van der Waals surface area contributed by atoms with Crippen molar-refractivity contribution in [1.29, 1.82) is 0 Å². The fourth-order valence-corrected chi connectivity index (χ4v) is 14.7. The van der Waals surface area contributed by atoms with Crippen molar-refractivity contribution in [3.8, 4) is 0 Å². The molecule has 0 aromatic rings. The molecule has 0 aromatic carbocycles. The third-order valence-corrected chi connectivity index (χ3v) is 15.8. The number of ether oxygens (including phenoxy) is 4. The number of hydrogen-bond donors (Lipinski definition) is 0. The zero-order valence-electron chi connectivity index (χ0n) is 14.6. The Bertz CT molecular complexity index is 540. The Balaban J connectivity index is 6.24. The summed E-state index contributed by atoms with van der Waals surface area (Å²) in [6.45, 7) is 0. The maximum absolute atomic E-state index is 11.1. The average Bonchev–Trinajstić information content (AvgIpc) is 2.66. The van der Waals surface area contributed by atoms with Gasteiger partial charge in [0.05, 0.1) is 0 Å². The molecule has 0 aliphatic rings. The van der Waals surface area contributed by atoms with Crippen LogP contribution in [0.4, 0.5) is 0 Å². The summed E-state index contributed by atoms with van der Waals surface area (Å²) in [5, 5.41) is 0. The van der Waals surface area contributed by atoms with Crippen molar-refractivity contribution in [2.75, 3.05) is 28.4 Å². The Morgan fingerprint density at radius 2 is 0.760 bits per heavy atom. The van der Waals surface area contributed by atoms with Gasteiger partial charge in [0.2, 0.25) is 0 Å². The summed E-state index contributed by atoms with van der Waals surface area (Å²) < 4.78 is 20.5. The molecule has 0 radical (unpaired) electrons. The van der Waals surface area contributed by atoms with Gasteiger partial charge in [-0.05, 0) is 0 Å². The van der Waals surface area contributed by atoms with E-state index in [0.717, 1.165) is 0 Å². The monoisotopic (exact) mass is 460 g/mol. The summed E-state index contributed by atoms with van der Waals surface area (Å²) >= 11 is -3.84. The van der Waals surface area contributed by atoms with E-state index >= 15 is 0 Å². The fourth-order valence-electron chi connectivity index (χ4n) is 2.34. The Hall–Kier alpha value is -2.20. The summed E-state index contributed by atoms with van der Waals surface area (Å²) in [6.07, 6.45) is 0. The van der Waals surface area contributed by atoms with Crippen LogP contribution in [0.15, 0.2) is 23.0 Å². The first-order chi connectivity index (χ1) is 12.0. The second-order valence-corrected chi connectivity index (χ2v) is 17.7. The molecule has 0 aliphatic carbocycles. The summed E-state index contributed by atoms with van der Waals surface area (Å²) in [6, 6.07) is 0. The predicted molar refractivity (Wildman–Crippen MR) is 89.8 cm³/mol. The molecule has 0 fully saturated rings. The van der Waals surface area contributed by atoms with Gasteiger partial charge < -0.3 is 0 Å². The number of hydrogen-bond acceptors (Lipinski definition) is 8. The van der Waals surface area contributed by atoms with Crippen molar-refractivity contribution in [2.24, 2.45) is 0 Å². The minimum absolute atomic E-state index is 0.0138. The van der Waals surface area contributed by atoms with Crippen LogP contribution in [0.3, 0.4) is 0 Å². The third kappa shape index (κ3) is 7.48. The Morgan fingerprint density at radius 3 is 0.880 bits per heavy atom. The van der Waals surface area contributed by atoms with Crippen molar-refractivity contribution < 1.29 is 38.1 Å². The molecule has 0 heterocycles. The Morgan fingerprint density at radius 1 is 0.560 bits per heavy atom. The maximum atomic E-state index is 11.1. The summed E-state index contributed by atoms with van der Waals surface area (Å²) in [4.78, 5) is 44.4. The zero-order valence-corrected chi connectivity index (χ0v) is 17.4. The van der Waals surface area contributed by atoms with Gasteiger partial charge in [-0.25, -0.2) is 0 Å². The van der Waals surface area contributed by atoms with E-state index in [4.69, 9.17) is 18.9 Å². The average molecular weight is 459 g/mol. The number of methoxy groups -OCH3 is 4. The van der Waals surface area contributed by atoms with E-state index in [1.807, 2.05) is 0 Å². The third-order valence-electron chi connectivity index (χ3n) is 3.58. The molecule has 0 rings (SSSR count). The van der Waals surface area contributed by atoms with Gasteiger partial charge in [0.15, 0.2) is 0 Å². The van der Waals surface area contributed by atoms with Gasteiger partial charge >= 0.3 is 149 Å². The second kappa shape index (κ2) is 12.2. The van der Waals surface area contributed by atoms with Crippen LogP contribution in [-0.2, 0) is 38.1 Å². The van der Waals surface area contributed by atoms with E-state index < -0.39 is 18.4 Å². The van der Waals surface area contributed by atoms with Crippen molar-refractivity contribution >= 4 is 42.1 Å². The minimum atomic E-state index is -3.84. The molecule has 9 heteroatoms. The topological polar surface area (TPSA) is 105 Å². The predicted octanol–water partition coefficient (Wildman–Crippen LogP) is 0.883. The van der Waals surface area contributed by atoms with Gasteiger partial charge in [0, 0.05) is 0 Å². The van der Waals surface area contributed by atoms with Crippen LogP contribution in [-0.4, -0.2) is 70.6 Å². The van der Waals surface area contributed by atoms with Crippen LogP contribution in [0.25, 0.3) is 0 Å². The van der Waals surface area contributed by atoms with Crippen LogP contribution >= 0.6 is 0 Å². The van der Waals surface area contributed by atoms with Gasteiger partial charge in [-0.15, -0.1) is 0 Å². The molecule has 8 nitrogen and oxygen atoms in total.